The number of aliphatic carboxylic acids is 2. The minimum Gasteiger partial charge on any atom is -0.481 e. The standard InChI is InChI=1S/C18H30O10/c1-9(5-3-4-6-10(2)17(25)26)11(7-13(20)21)27-18-16(24)15(23)14(22)12(8-19)28-18/h3-4,9-12,14-16,18-19,22-24H,5-8H2,1-2H3,(H,20,21)(H,25,26)/b4-3+/t9-,10+,11+,12+,14+,15-,16+,18+/m0/s1. The Morgan fingerprint density at radius 3 is 2.18 bits per heavy atom. The highest BCUT2D eigenvalue weighted by Gasteiger charge is 2.45. The van der Waals surface area contributed by atoms with Crippen LogP contribution in [0.4, 0.5) is 0 Å². The molecule has 6 N–H and O–H groups in total. The lowest BCUT2D eigenvalue weighted by Gasteiger charge is -2.41. The van der Waals surface area contributed by atoms with Gasteiger partial charge in [0.05, 0.1) is 25.0 Å². The van der Waals surface area contributed by atoms with E-state index in [2.05, 4.69) is 0 Å². The summed E-state index contributed by atoms with van der Waals surface area (Å²) < 4.78 is 10.8. The molecule has 0 spiro atoms. The Morgan fingerprint density at radius 1 is 1.04 bits per heavy atom. The Hall–Kier alpha value is -1.56. The summed E-state index contributed by atoms with van der Waals surface area (Å²) in [5.41, 5.74) is 0. The second-order valence-electron chi connectivity index (χ2n) is 7.13. The molecule has 0 aromatic carbocycles. The third-order valence-corrected chi connectivity index (χ3v) is 4.75. The molecule has 0 radical (unpaired) electrons. The molecule has 0 aromatic heterocycles. The van der Waals surface area contributed by atoms with Gasteiger partial charge in [-0.1, -0.05) is 26.0 Å². The Balaban J connectivity index is 2.74. The molecule has 1 aliphatic rings. The van der Waals surface area contributed by atoms with E-state index in [0.717, 1.165) is 0 Å². The van der Waals surface area contributed by atoms with Crippen LogP contribution in [0.3, 0.4) is 0 Å². The molecule has 10 nitrogen and oxygen atoms in total. The first-order chi connectivity index (χ1) is 13.1. The number of carbonyl (C=O) groups is 2. The van der Waals surface area contributed by atoms with Crippen molar-refractivity contribution in [2.45, 2.75) is 69.9 Å². The van der Waals surface area contributed by atoms with E-state index < -0.39 is 67.7 Å². The maximum absolute atomic E-state index is 11.2. The van der Waals surface area contributed by atoms with Gasteiger partial charge in [0, 0.05) is 0 Å². The fourth-order valence-corrected chi connectivity index (χ4v) is 2.77. The fraction of sp³-hybridized carbons (Fsp3) is 0.778. The lowest BCUT2D eigenvalue weighted by molar-refractivity contribution is -0.314. The lowest BCUT2D eigenvalue weighted by Crippen LogP contribution is -2.60. The van der Waals surface area contributed by atoms with E-state index in [1.807, 2.05) is 0 Å². The van der Waals surface area contributed by atoms with Crippen molar-refractivity contribution in [3.05, 3.63) is 12.2 Å². The molecule has 0 aliphatic carbocycles. The zero-order valence-corrected chi connectivity index (χ0v) is 15.9. The topological polar surface area (TPSA) is 174 Å². The molecule has 1 aliphatic heterocycles. The van der Waals surface area contributed by atoms with Gasteiger partial charge >= 0.3 is 11.9 Å². The number of carboxylic acid groups (broad SMARTS) is 2. The van der Waals surface area contributed by atoms with Crippen molar-refractivity contribution in [2.75, 3.05) is 6.61 Å². The molecule has 0 saturated carbocycles. The van der Waals surface area contributed by atoms with Gasteiger partial charge in [0.1, 0.15) is 24.4 Å². The van der Waals surface area contributed by atoms with Crippen LogP contribution in [0, 0.1) is 11.8 Å². The van der Waals surface area contributed by atoms with Crippen LogP contribution in [-0.4, -0.2) is 86.0 Å². The molecular weight excluding hydrogens is 376 g/mol. The minimum atomic E-state index is -1.62. The summed E-state index contributed by atoms with van der Waals surface area (Å²) in [5, 5.41) is 56.9. The first-order valence-corrected chi connectivity index (χ1v) is 9.14. The van der Waals surface area contributed by atoms with E-state index in [1.165, 1.54) is 0 Å². The molecule has 28 heavy (non-hydrogen) atoms. The molecule has 1 rings (SSSR count). The maximum atomic E-state index is 11.2. The molecule has 10 heteroatoms. The molecule has 0 bridgehead atoms. The van der Waals surface area contributed by atoms with Crippen molar-refractivity contribution >= 4 is 11.9 Å². The predicted octanol–water partition coefficient (Wildman–Crippen LogP) is -0.661. The third kappa shape index (κ3) is 7.12. The van der Waals surface area contributed by atoms with Gasteiger partial charge in [0.25, 0.3) is 0 Å². The smallest absolute Gasteiger partial charge is 0.306 e. The van der Waals surface area contributed by atoms with Crippen LogP contribution in [0.15, 0.2) is 12.2 Å². The summed E-state index contributed by atoms with van der Waals surface area (Å²) in [6, 6.07) is 0. The van der Waals surface area contributed by atoms with Gasteiger partial charge in [-0.25, -0.2) is 0 Å². The Bertz CT molecular complexity index is 534. The molecule has 162 valence electrons. The van der Waals surface area contributed by atoms with Crippen LogP contribution >= 0.6 is 0 Å². The minimum absolute atomic E-state index is 0.333. The van der Waals surface area contributed by atoms with E-state index >= 15 is 0 Å². The second-order valence-corrected chi connectivity index (χ2v) is 7.13. The largest absolute Gasteiger partial charge is 0.481 e. The number of aliphatic hydroxyl groups is 4. The van der Waals surface area contributed by atoms with Crippen LogP contribution in [0.2, 0.25) is 0 Å². The van der Waals surface area contributed by atoms with E-state index in [-0.39, 0.29) is 5.92 Å². The van der Waals surface area contributed by atoms with Crippen molar-refractivity contribution in [2.24, 2.45) is 11.8 Å². The normalized spacial score (nSPS) is 31.4. The molecular formula is C18H30O10. The van der Waals surface area contributed by atoms with Crippen molar-refractivity contribution in [1.29, 1.82) is 0 Å². The molecule has 1 heterocycles. The summed E-state index contributed by atoms with van der Waals surface area (Å²) >= 11 is 0. The van der Waals surface area contributed by atoms with Gasteiger partial charge in [0.15, 0.2) is 6.29 Å². The molecule has 0 unspecified atom stereocenters. The summed E-state index contributed by atoms with van der Waals surface area (Å²) in [4.78, 5) is 22.0. The zero-order valence-electron chi connectivity index (χ0n) is 15.9. The highest BCUT2D eigenvalue weighted by molar-refractivity contribution is 5.69. The number of hydrogen-bond donors (Lipinski definition) is 6. The van der Waals surface area contributed by atoms with Gasteiger partial charge in [0.2, 0.25) is 0 Å². The van der Waals surface area contributed by atoms with Crippen molar-refractivity contribution < 1.29 is 49.7 Å². The molecule has 0 amide bonds. The molecule has 1 fully saturated rings. The summed E-state index contributed by atoms with van der Waals surface area (Å²) in [5.74, 6) is -2.91. The SMILES string of the molecule is C[C@H](C/C=C/C[C@H](C)[C@@H](CC(=O)O)O[C@@H]1O[C@H](CO)[C@@H](O)[C@H](O)[C@H]1O)C(=O)O. The van der Waals surface area contributed by atoms with Crippen molar-refractivity contribution in [1.82, 2.24) is 0 Å². The average Bonchev–Trinajstić information content (AvgIpc) is 2.63. The summed E-state index contributed by atoms with van der Waals surface area (Å²) in [6.07, 6.45) is -4.47. The number of rotatable bonds is 11. The first kappa shape index (κ1) is 24.5. The zero-order chi connectivity index (χ0) is 21.4. The van der Waals surface area contributed by atoms with Crippen molar-refractivity contribution in [3.63, 3.8) is 0 Å². The number of hydrogen-bond acceptors (Lipinski definition) is 8. The van der Waals surface area contributed by atoms with Gasteiger partial charge in [-0.3, -0.25) is 9.59 Å². The highest BCUT2D eigenvalue weighted by atomic mass is 16.7. The highest BCUT2D eigenvalue weighted by Crippen LogP contribution is 2.26. The van der Waals surface area contributed by atoms with Crippen LogP contribution < -0.4 is 0 Å². The maximum Gasteiger partial charge on any atom is 0.306 e. The van der Waals surface area contributed by atoms with E-state index in [1.54, 1.807) is 26.0 Å². The third-order valence-electron chi connectivity index (χ3n) is 4.75. The van der Waals surface area contributed by atoms with Crippen LogP contribution in [0.5, 0.6) is 0 Å². The fourth-order valence-electron chi connectivity index (χ4n) is 2.77. The van der Waals surface area contributed by atoms with Gasteiger partial charge in [-0.05, 0) is 18.8 Å². The van der Waals surface area contributed by atoms with Crippen LogP contribution in [-0.2, 0) is 19.1 Å². The number of aliphatic hydroxyl groups excluding tert-OH is 4. The van der Waals surface area contributed by atoms with Crippen molar-refractivity contribution in [3.8, 4) is 0 Å². The Labute approximate surface area is 163 Å². The summed E-state index contributed by atoms with van der Waals surface area (Å²) in [6.45, 7) is 2.68. The summed E-state index contributed by atoms with van der Waals surface area (Å²) in [7, 11) is 0. The van der Waals surface area contributed by atoms with E-state index in [9.17, 15) is 30.0 Å². The van der Waals surface area contributed by atoms with Crippen LogP contribution in [0.25, 0.3) is 0 Å². The van der Waals surface area contributed by atoms with Gasteiger partial charge in [-0.15, -0.1) is 0 Å². The Morgan fingerprint density at radius 2 is 1.64 bits per heavy atom. The monoisotopic (exact) mass is 406 g/mol. The second kappa shape index (κ2) is 11.4. The Kier molecular flexibility index (Phi) is 10.0. The average molecular weight is 406 g/mol. The molecule has 0 aromatic rings. The number of allylic oxidation sites excluding steroid dienone is 2. The quantitative estimate of drug-likeness (QED) is 0.242. The molecule has 8 atom stereocenters. The first-order valence-electron chi connectivity index (χ1n) is 9.14. The van der Waals surface area contributed by atoms with Gasteiger partial charge in [-0.2, -0.15) is 0 Å². The van der Waals surface area contributed by atoms with Crippen LogP contribution in [0.1, 0.15) is 33.1 Å². The molecule has 1 saturated heterocycles. The number of ether oxygens (including phenoxy) is 2. The number of carboxylic acids is 2. The lowest BCUT2D eigenvalue weighted by atomic mass is 9.96. The van der Waals surface area contributed by atoms with Gasteiger partial charge < -0.3 is 40.1 Å². The van der Waals surface area contributed by atoms with E-state index in [0.29, 0.717) is 12.8 Å². The predicted molar refractivity (Wildman–Crippen MR) is 95.2 cm³/mol. The van der Waals surface area contributed by atoms with E-state index in [4.69, 9.17) is 19.7 Å².